The van der Waals surface area contributed by atoms with Crippen molar-refractivity contribution in [1.29, 1.82) is 0 Å². The van der Waals surface area contributed by atoms with Crippen molar-refractivity contribution in [2.24, 2.45) is 0 Å². The van der Waals surface area contributed by atoms with E-state index in [9.17, 15) is 4.79 Å². The van der Waals surface area contributed by atoms with E-state index in [1.165, 1.54) is 6.07 Å². The summed E-state index contributed by atoms with van der Waals surface area (Å²) in [6, 6.07) is 13.0. The van der Waals surface area contributed by atoms with E-state index < -0.39 is 0 Å². The summed E-state index contributed by atoms with van der Waals surface area (Å²) >= 11 is 0. The molecule has 0 bridgehead atoms. The van der Waals surface area contributed by atoms with Gasteiger partial charge in [0.15, 0.2) is 11.2 Å². The predicted molar refractivity (Wildman–Crippen MR) is 96.7 cm³/mol. The van der Waals surface area contributed by atoms with Crippen molar-refractivity contribution >= 4 is 16.5 Å². The number of hydrogen-bond donors (Lipinski definition) is 1. The molecule has 3 heterocycles. The van der Waals surface area contributed by atoms with Gasteiger partial charge in [-0.2, -0.15) is 0 Å². The Bertz CT molecular complexity index is 1090. The van der Waals surface area contributed by atoms with Crippen LogP contribution in [0.2, 0.25) is 0 Å². The van der Waals surface area contributed by atoms with E-state index in [4.69, 9.17) is 9.52 Å². The van der Waals surface area contributed by atoms with Gasteiger partial charge >= 0.3 is 0 Å². The Balaban J connectivity index is 1.73. The van der Waals surface area contributed by atoms with E-state index in [-0.39, 0.29) is 12.0 Å². The number of hydrogen-bond acceptors (Lipinski definition) is 4. The molecule has 5 nitrogen and oxygen atoms in total. The summed E-state index contributed by atoms with van der Waals surface area (Å²) in [7, 11) is 0. The Kier molecular flexibility index (Phi) is 4.07. The lowest BCUT2D eigenvalue weighted by Gasteiger charge is -2.06. The molecule has 1 aromatic carbocycles. The van der Waals surface area contributed by atoms with E-state index >= 15 is 0 Å². The third kappa shape index (κ3) is 3.06. The van der Waals surface area contributed by atoms with Crippen molar-refractivity contribution < 1.29 is 9.52 Å². The molecular formula is C20H18N2O3. The Labute approximate surface area is 144 Å². The fourth-order valence-corrected chi connectivity index (χ4v) is 3.00. The third-order valence-electron chi connectivity index (χ3n) is 4.34. The molecule has 0 fully saturated rings. The van der Waals surface area contributed by atoms with Gasteiger partial charge in [0, 0.05) is 24.4 Å². The molecule has 0 saturated heterocycles. The van der Waals surface area contributed by atoms with Crippen LogP contribution in [0.1, 0.15) is 18.4 Å². The lowest BCUT2D eigenvalue weighted by molar-refractivity contribution is 0.284. The molecule has 4 aromatic rings. The molecule has 0 aliphatic rings. The second-order valence-electron chi connectivity index (χ2n) is 6.10. The van der Waals surface area contributed by atoms with E-state index in [1.54, 1.807) is 6.33 Å². The summed E-state index contributed by atoms with van der Waals surface area (Å²) < 4.78 is 7.83. The van der Waals surface area contributed by atoms with Crippen LogP contribution in [-0.4, -0.2) is 21.1 Å². The van der Waals surface area contributed by atoms with Gasteiger partial charge in [-0.15, -0.1) is 0 Å². The van der Waals surface area contributed by atoms with Crippen molar-refractivity contribution in [2.45, 2.75) is 19.3 Å². The monoisotopic (exact) mass is 334 g/mol. The number of unbranched alkanes of at least 4 members (excludes halogenated alkanes) is 1. The molecule has 0 aliphatic heterocycles. The van der Waals surface area contributed by atoms with E-state index in [2.05, 4.69) is 4.98 Å². The van der Waals surface area contributed by atoms with E-state index in [0.29, 0.717) is 22.4 Å². The minimum atomic E-state index is -0.0719. The smallest absolute Gasteiger partial charge is 0.193 e. The highest BCUT2D eigenvalue weighted by Gasteiger charge is 2.09. The fraction of sp³-hybridized carbons (Fsp3) is 0.200. The summed E-state index contributed by atoms with van der Waals surface area (Å²) in [6.07, 6.45) is 6.12. The van der Waals surface area contributed by atoms with Gasteiger partial charge in [-0.25, -0.2) is 4.98 Å². The van der Waals surface area contributed by atoms with Crippen molar-refractivity contribution in [3.8, 4) is 11.5 Å². The van der Waals surface area contributed by atoms with E-state index in [0.717, 1.165) is 30.3 Å². The lowest BCUT2D eigenvalue weighted by atomic mass is 10.1. The summed E-state index contributed by atoms with van der Waals surface area (Å²) in [5, 5.41) is 9.46. The quantitative estimate of drug-likeness (QED) is 0.568. The molecule has 25 heavy (non-hydrogen) atoms. The molecule has 0 amide bonds. The maximum absolute atomic E-state index is 12.5. The molecule has 4 rings (SSSR count). The first kappa shape index (κ1) is 15.6. The number of fused-ring (bicyclic) bond motifs is 2. The number of nitrogens with zero attached hydrogens (tertiary/aromatic N) is 2. The normalized spacial score (nSPS) is 11.4. The standard InChI is InChI=1S/C20H18N2O3/c23-9-2-1-4-14-6-7-19-16(10-14)18(24)12-20(25-19)17-11-15-5-3-8-22(15)13-21-17/h3,5-8,10-13,23H,1-2,4,9H2. The van der Waals surface area contributed by atoms with Crippen LogP contribution in [0.3, 0.4) is 0 Å². The second kappa shape index (κ2) is 6.53. The zero-order valence-electron chi connectivity index (χ0n) is 13.7. The maximum atomic E-state index is 12.5. The topological polar surface area (TPSA) is 67.7 Å². The third-order valence-corrected chi connectivity index (χ3v) is 4.34. The van der Waals surface area contributed by atoms with E-state index in [1.807, 2.05) is 47.0 Å². The van der Waals surface area contributed by atoms with Gasteiger partial charge in [0.2, 0.25) is 0 Å². The zero-order chi connectivity index (χ0) is 17.2. The summed E-state index contributed by atoms with van der Waals surface area (Å²) in [6.45, 7) is 0.193. The van der Waals surface area contributed by atoms with Crippen LogP contribution in [0.15, 0.2) is 64.2 Å². The van der Waals surface area contributed by atoms with Crippen LogP contribution in [0.25, 0.3) is 27.9 Å². The largest absolute Gasteiger partial charge is 0.454 e. The van der Waals surface area contributed by atoms with Gasteiger partial charge in [0.25, 0.3) is 0 Å². The highest BCUT2D eigenvalue weighted by Crippen LogP contribution is 2.22. The molecule has 5 heteroatoms. The van der Waals surface area contributed by atoms with Crippen LogP contribution in [-0.2, 0) is 6.42 Å². The average Bonchev–Trinajstić information content (AvgIpc) is 3.10. The van der Waals surface area contributed by atoms with Gasteiger partial charge in [-0.1, -0.05) is 6.07 Å². The molecule has 0 spiro atoms. The Morgan fingerprint density at radius 1 is 1.12 bits per heavy atom. The second-order valence-corrected chi connectivity index (χ2v) is 6.10. The van der Waals surface area contributed by atoms with Crippen LogP contribution in [0.4, 0.5) is 0 Å². The summed E-state index contributed by atoms with van der Waals surface area (Å²) in [5.41, 5.74) is 3.20. The minimum absolute atomic E-state index is 0.0719. The first-order valence-corrected chi connectivity index (χ1v) is 8.35. The SMILES string of the molecule is O=c1cc(-c2cc3cccn3cn2)oc2ccc(CCCCO)cc12. The molecule has 126 valence electrons. The molecule has 0 unspecified atom stereocenters. The molecule has 0 aliphatic carbocycles. The molecule has 3 aromatic heterocycles. The first-order valence-electron chi connectivity index (χ1n) is 8.35. The van der Waals surface area contributed by atoms with Gasteiger partial charge in [-0.3, -0.25) is 4.79 Å². The minimum Gasteiger partial charge on any atom is -0.454 e. The Morgan fingerprint density at radius 3 is 2.92 bits per heavy atom. The zero-order valence-corrected chi connectivity index (χ0v) is 13.7. The van der Waals surface area contributed by atoms with Crippen molar-refractivity contribution in [3.05, 3.63) is 70.8 Å². The highest BCUT2D eigenvalue weighted by molar-refractivity contribution is 5.79. The number of aliphatic hydroxyl groups excluding tert-OH is 1. The van der Waals surface area contributed by atoms with Crippen LogP contribution < -0.4 is 5.43 Å². The lowest BCUT2D eigenvalue weighted by Crippen LogP contribution is -2.02. The Morgan fingerprint density at radius 2 is 2.04 bits per heavy atom. The fourth-order valence-electron chi connectivity index (χ4n) is 3.00. The van der Waals surface area contributed by atoms with Crippen LogP contribution >= 0.6 is 0 Å². The number of aromatic nitrogens is 2. The highest BCUT2D eigenvalue weighted by atomic mass is 16.3. The molecular weight excluding hydrogens is 316 g/mol. The maximum Gasteiger partial charge on any atom is 0.193 e. The first-order chi connectivity index (χ1) is 12.2. The van der Waals surface area contributed by atoms with Gasteiger partial charge in [0.05, 0.1) is 11.7 Å². The van der Waals surface area contributed by atoms with Crippen LogP contribution in [0.5, 0.6) is 0 Å². The number of aliphatic hydroxyl groups is 1. The van der Waals surface area contributed by atoms with Crippen molar-refractivity contribution in [2.75, 3.05) is 6.61 Å². The average molecular weight is 334 g/mol. The molecule has 0 radical (unpaired) electrons. The molecule has 0 saturated carbocycles. The van der Waals surface area contributed by atoms with Gasteiger partial charge < -0.3 is 13.9 Å². The predicted octanol–water partition coefficient (Wildman–Crippen LogP) is 3.42. The summed E-state index contributed by atoms with van der Waals surface area (Å²) in [4.78, 5) is 16.9. The Hall–Kier alpha value is -2.92. The summed E-state index contributed by atoms with van der Waals surface area (Å²) in [5.74, 6) is 0.467. The van der Waals surface area contributed by atoms with Crippen molar-refractivity contribution in [3.63, 3.8) is 0 Å². The van der Waals surface area contributed by atoms with Gasteiger partial charge in [0.1, 0.15) is 11.3 Å². The molecule has 1 N–H and O–H groups in total. The molecule has 0 atom stereocenters. The van der Waals surface area contributed by atoms with Crippen molar-refractivity contribution in [1.82, 2.24) is 9.38 Å². The number of benzene rings is 1. The number of rotatable bonds is 5. The van der Waals surface area contributed by atoms with Gasteiger partial charge in [-0.05, 0) is 55.2 Å². The number of aryl methyl sites for hydroxylation is 1. The van der Waals surface area contributed by atoms with Crippen LogP contribution in [0, 0.1) is 0 Å².